The van der Waals surface area contributed by atoms with E-state index in [0.717, 1.165) is 49.9 Å². The average molecular weight is 359 g/mol. The van der Waals surface area contributed by atoms with Crippen molar-refractivity contribution in [3.8, 4) is 0 Å². The van der Waals surface area contributed by atoms with Gasteiger partial charge in [0.2, 0.25) is 0 Å². The van der Waals surface area contributed by atoms with Crippen molar-refractivity contribution in [1.82, 2.24) is 5.32 Å². The van der Waals surface area contributed by atoms with Crippen molar-refractivity contribution >= 4 is 23.2 Å². The van der Waals surface area contributed by atoms with Crippen LogP contribution in [0.25, 0.3) is 0 Å². The first-order valence-corrected chi connectivity index (χ1v) is 10.5. The number of rotatable bonds is 4. The summed E-state index contributed by atoms with van der Waals surface area (Å²) in [5, 5.41) is 3.26. The van der Waals surface area contributed by atoms with Crippen LogP contribution < -0.4 is 5.32 Å². The van der Waals surface area contributed by atoms with Crippen molar-refractivity contribution in [2.45, 2.75) is 63.3 Å². The number of thiophene rings is 1. The van der Waals surface area contributed by atoms with E-state index >= 15 is 0 Å². The molecule has 6 rings (SSSR count). The van der Waals surface area contributed by atoms with E-state index in [1.807, 2.05) is 6.07 Å². The second kappa shape index (κ2) is 5.83. The normalized spacial score (nSPS) is 34.8. The summed E-state index contributed by atoms with van der Waals surface area (Å²) in [6, 6.07) is 1.95. The number of ether oxygens (including phenoxy) is 1. The summed E-state index contributed by atoms with van der Waals surface area (Å²) in [7, 11) is 0. The number of hydrogen-bond acceptors (Lipinski definition) is 4. The number of fused-ring (bicyclic) bond motifs is 1. The lowest BCUT2D eigenvalue weighted by molar-refractivity contribution is -0.130. The van der Waals surface area contributed by atoms with Crippen molar-refractivity contribution < 1.29 is 14.3 Å². The Morgan fingerprint density at radius 2 is 1.80 bits per heavy atom. The van der Waals surface area contributed by atoms with E-state index in [1.54, 1.807) is 0 Å². The van der Waals surface area contributed by atoms with Gasteiger partial charge in [0.25, 0.3) is 5.91 Å². The van der Waals surface area contributed by atoms with E-state index in [4.69, 9.17) is 4.74 Å². The second-order valence-corrected chi connectivity index (χ2v) is 9.87. The van der Waals surface area contributed by atoms with E-state index in [-0.39, 0.29) is 24.0 Å². The minimum atomic E-state index is -0.347. The second-order valence-electron chi connectivity index (χ2n) is 8.73. The largest absolute Gasteiger partial charge is 0.451 e. The highest BCUT2D eigenvalue weighted by atomic mass is 32.1. The maximum Gasteiger partial charge on any atom is 0.348 e. The first-order chi connectivity index (χ1) is 12.1. The summed E-state index contributed by atoms with van der Waals surface area (Å²) in [4.78, 5) is 26.6. The van der Waals surface area contributed by atoms with Gasteiger partial charge < -0.3 is 10.1 Å². The van der Waals surface area contributed by atoms with Gasteiger partial charge in [0.05, 0.1) is 0 Å². The molecule has 0 saturated heterocycles. The lowest BCUT2D eigenvalue weighted by Gasteiger charge is -2.56. The molecule has 5 aliphatic rings. The van der Waals surface area contributed by atoms with Crippen molar-refractivity contribution in [2.24, 2.45) is 17.8 Å². The molecule has 1 aromatic rings. The van der Waals surface area contributed by atoms with Gasteiger partial charge >= 0.3 is 5.97 Å². The van der Waals surface area contributed by atoms with Crippen LogP contribution in [0.1, 0.15) is 65.1 Å². The molecule has 4 nitrogen and oxygen atoms in total. The summed E-state index contributed by atoms with van der Waals surface area (Å²) < 4.78 is 5.30. The van der Waals surface area contributed by atoms with Crippen molar-refractivity contribution in [3.05, 3.63) is 21.4 Å². The van der Waals surface area contributed by atoms with E-state index in [0.29, 0.717) is 4.88 Å². The molecule has 0 aliphatic heterocycles. The predicted octanol–water partition coefficient (Wildman–Crippen LogP) is 3.48. The average Bonchev–Trinajstić information content (AvgIpc) is 3.12. The van der Waals surface area contributed by atoms with E-state index in [2.05, 4.69) is 5.32 Å². The van der Waals surface area contributed by atoms with Crippen LogP contribution >= 0.6 is 11.3 Å². The topological polar surface area (TPSA) is 55.4 Å². The zero-order valence-corrected chi connectivity index (χ0v) is 15.3. The standard InChI is InChI=1S/C20H25NO3S/c22-18(11-24-19(23)17-7-15-2-1-3-16(15)25-17)21-20-8-12-4-13(9-20)6-14(5-12)10-20/h7,12-14H,1-6,8-11H2,(H,21,22). The number of carbonyl (C=O) groups excluding carboxylic acids is 2. The van der Waals surface area contributed by atoms with Gasteiger partial charge in [-0.1, -0.05) is 0 Å². The highest BCUT2D eigenvalue weighted by molar-refractivity contribution is 7.14. The Balaban J connectivity index is 1.18. The van der Waals surface area contributed by atoms with Crippen molar-refractivity contribution in [1.29, 1.82) is 0 Å². The molecule has 5 aliphatic carbocycles. The van der Waals surface area contributed by atoms with Crippen LogP contribution in [0.4, 0.5) is 0 Å². The third kappa shape index (κ3) is 2.90. The maximum atomic E-state index is 12.4. The van der Waals surface area contributed by atoms with Gasteiger partial charge in [-0.05, 0) is 87.2 Å². The number of hydrogen-bond donors (Lipinski definition) is 1. The lowest BCUT2D eigenvalue weighted by Crippen LogP contribution is -2.60. The quantitative estimate of drug-likeness (QED) is 0.838. The number of aryl methyl sites for hydroxylation is 2. The molecular formula is C20H25NO3S. The fourth-order valence-electron chi connectivity index (χ4n) is 6.23. The Morgan fingerprint density at radius 3 is 2.44 bits per heavy atom. The Labute approximate surface area is 152 Å². The molecule has 0 atom stereocenters. The van der Waals surface area contributed by atoms with E-state index in [9.17, 15) is 9.59 Å². The van der Waals surface area contributed by atoms with Crippen LogP contribution in [0.5, 0.6) is 0 Å². The molecule has 1 N–H and O–H groups in total. The van der Waals surface area contributed by atoms with Crippen LogP contribution in [-0.2, 0) is 22.4 Å². The van der Waals surface area contributed by atoms with E-state index in [1.165, 1.54) is 47.5 Å². The molecule has 25 heavy (non-hydrogen) atoms. The minimum absolute atomic E-state index is 0.0116. The molecule has 4 saturated carbocycles. The third-order valence-electron chi connectivity index (χ3n) is 6.72. The molecule has 4 bridgehead atoms. The van der Waals surface area contributed by atoms with Crippen LogP contribution in [0, 0.1) is 17.8 Å². The monoisotopic (exact) mass is 359 g/mol. The van der Waals surface area contributed by atoms with E-state index < -0.39 is 0 Å². The minimum Gasteiger partial charge on any atom is -0.451 e. The maximum absolute atomic E-state index is 12.4. The molecule has 134 valence electrons. The summed E-state index contributed by atoms with van der Waals surface area (Å²) in [6.07, 6.45) is 10.7. The molecule has 0 radical (unpaired) electrons. The number of amides is 1. The van der Waals surface area contributed by atoms with Crippen molar-refractivity contribution in [2.75, 3.05) is 6.61 Å². The Bertz CT molecular complexity index is 666. The number of carbonyl (C=O) groups is 2. The van der Waals surface area contributed by atoms with Crippen LogP contribution in [0.2, 0.25) is 0 Å². The predicted molar refractivity (Wildman–Crippen MR) is 95.7 cm³/mol. The Kier molecular flexibility index (Phi) is 3.70. The number of nitrogens with one attached hydrogen (secondary N) is 1. The molecule has 1 heterocycles. The van der Waals surface area contributed by atoms with Gasteiger partial charge in [-0.3, -0.25) is 4.79 Å². The smallest absolute Gasteiger partial charge is 0.348 e. The number of esters is 1. The van der Waals surface area contributed by atoms with Gasteiger partial charge in [-0.25, -0.2) is 4.79 Å². The van der Waals surface area contributed by atoms with Gasteiger partial charge in [0, 0.05) is 10.4 Å². The zero-order valence-electron chi connectivity index (χ0n) is 14.5. The molecule has 1 amide bonds. The Hall–Kier alpha value is -1.36. The fraction of sp³-hybridized carbons (Fsp3) is 0.700. The summed E-state index contributed by atoms with van der Waals surface area (Å²) >= 11 is 1.53. The van der Waals surface area contributed by atoms with Gasteiger partial charge in [-0.2, -0.15) is 0 Å². The molecule has 0 aromatic carbocycles. The molecule has 5 heteroatoms. The van der Waals surface area contributed by atoms with Crippen LogP contribution in [0.3, 0.4) is 0 Å². The molecular weight excluding hydrogens is 334 g/mol. The molecule has 1 aromatic heterocycles. The first-order valence-electron chi connectivity index (χ1n) is 9.68. The van der Waals surface area contributed by atoms with Crippen LogP contribution in [-0.4, -0.2) is 24.0 Å². The van der Waals surface area contributed by atoms with Gasteiger partial charge in [-0.15, -0.1) is 11.3 Å². The summed E-state index contributed by atoms with van der Waals surface area (Å²) in [5.74, 6) is 1.91. The third-order valence-corrected chi connectivity index (χ3v) is 7.94. The zero-order chi connectivity index (χ0) is 17.0. The molecule has 0 spiro atoms. The highest BCUT2D eigenvalue weighted by Crippen LogP contribution is 2.55. The summed E-state index contributed by atoms with van der Waals surface area (Å²) in [5.41, 5.74) is 1.28. The highest BCUT2D eigenvalue weighted by Gasteiger charge is 2.51. The molecule has 4 fully saturated rings. The van der Waals surface area contributed by atoms with Crippen LogP contribution in [0.15, 0.2) is 6.07 Å². The first kappa shape index (κ1) is 15.9. The SMILES string of the molecule is O=C(COC(=O)c1cc2c(s1)CCC2)NC12CC3CC(CC(C3)C1)C2. The van der Waals surface area contributed by atoms with Gasteiger partial charge in [0.15, 0.2) is 6.61 Å². The fourth-order valence-corrected chi connectivity index (χ4v) is 7.37. The lowest BCUT2D eigenvalue weighted by atomic mass is 9.53. The van der Waals surface area contributed by atoms with Gasteiger partial charge in [0.1, 0.15) is 4.88 Å². The van der Waals surface area contributed by atoms with Crippen molar-refractivity contribution in [3.63, 3.8) is 0 Å². The Morgan fingerprint density at radius 1 is 1.12 bits per heavy atom. The molecule has 0 unspecified atom stereocenters. The summed E-state index contributed by atoms with van der Waals surface area (Å²) in [6.45, 7) is -0.150.